The third-order valence-electron chi connectivity index (χ3n) is 2.34. The topological polar surface area (TPSA) is 34.0 Å². The molecule has 0 amide bonds. The summed E-state index contributed by atoms with van der Waals surface area (Å²) in [7, 11) is 1.93. The Morgan fingerprint density at radius 1 is 1.46 bits per heavy atom. The van der Waals surface area contributed by atoms with Crippen LogP contribution in [0.2, 0.25) is 0 Å². The second-order valence-electron chi connectivity index (χ2n) is 3.34. The van der Waals surface area contributed by atoms with Crippen molar-refractivity contribution in [2.75, 3.05) is 13.1 Å². The number of hydrogen-bond donors (Lipinski definition) is 0. The Bertz CT molecular complexity index is 302. The zero-order chi connectivity index (χ0) is 9.10. The molecular formula is C9H14N4. The highest BCUT2D eigenvalue weighted by Crippen LogP contribution is 2.06. The van der Waals surface area contributed by atoms with Gasteiger partial charge in [0.05, 0.1) is 11.9 Å². The van der Waals surface area contributed by atoms with Crippen molar-refractivity contribution >= 4 is 0 Å². The van der Waals surface area contributed by atoms with E-state index in [1.54, 1.807) is 0 Å². The number of aromatic nitrogens is 3. The molecule has 0 atom stereocenters. The molecule has 1 aromatic rings. The van der Waals surface area contributed by atoms with Gasteiger partial charge in [-0.3, -0.25) is 9.58 Å². The normalized spacial score (nSPS) is 17.9. The van der Waals surface area contributed by atoms with Crippen LogP contribution in [0.5, 0.6) is 0 Å². The van der Waals surface area contributed by atoms with Gasteiger partial charge in [-0.05, 0) is 6.42 Å². The van der Waals surface area contributed by atoms with Gasteiger partial charge < -0.3 is 0 Å². The Morgan fingerprint density at radius 3 is 3.00 bits per heavy atom. The Kier molecular flexibility index (Phi) is 2.40. The Balaban J connectivity index is 1.98. The second kappa shape index (κ2) is 3.70. The Hall–Kier alpha value is -1.16. The molecule has 0 saturated heterocycles. The molecule has 4 heteroatoms. The van der Waals surface area contributed by atoms with Gasteiger partial charge in [0.1, 0.15) is 0 Å². The molecule has 1 aliphatic rings. The van der Waals surface area contributed by atoms with E-state index in [1.807, 2.05) is 17.9 Å². The van der Waals surface area contributed by atoms with E-state index in [0.717, 1.165) is 26.1 Å². The van der Waals surface area contributed by atoms with Gasteiger partial charge in [-0.1, -0.05) is 17.4 Å². The third kappa shape index (κ3) is 1.95. The quantitative estimate of drug-likeness (QED) is 0.621. The van der Waals surface area contributed by atoms with Crippen LogP contribution in [0.25, 0.3) is 0 Å². The van der Waals surface area contributed by atoms with Gasteiger partial charge in [0, 0.05) is 26.7 Å². The summed E-state index contributed by atoms with van der Waals surface area (Å²) in [6.45, 7) is 3.14. The Labute approximate surface area is 77.8 Å². The van der Waals surface area contributed by atoms with Crippen LogP contribution in [0, 0.1) is 0 Å². The lowest BCUT2D eigenvalue weighted by Crippen LogP contribution is -2.27. The molecule has 1 aromatic heterocycles. The summed E-state index contributed by atoms with van der Waals surface area (Å²) in [5, 5.41) is 7.76. The summed E-state index contributed by atoms with van der Waals surface area (Å²) < 4.78 is 1.83. The molecule has 0 aliphatic carbocycles. The lowest BCUT2D eigenvalue weighted by molar-refractivity contribution is 0.282. The van der Waals surface area contributed by atoms with E-state index in [-0.39, 0.29) is 0 Å². The number of hydrogen-bond acceptors (Lipinski definition) is 3. The summed E-state index contributed by atoms with van der Waals surface area (Å²) >= 11 is 0. The molecule has 0 unspecified atom stereocenters. The lowest BCUT2D eigenvalue weighted by Gasteiger charge is -2.22. The minimum Gasteiger partial charge on any atom is -0.294 e. The molecule has 0 N–H and O–H groups in total. The predicted molar refractivity (Wildman–Crippen MR) is 50.0 cm³/mol. The number of aryl methyl sites for hydroxylation is 1. The van der Waals surface area contributed by atoms with Gasteiger partial charge in [-0.2, -0.15) is 0 Å². The zero-order valence-electron chi connectivity index (χ0n) is 7.85. The van der Waals surface area contributed by atoms with Crippen molar-refractivity contribution in [1.82, 2.24) is 19.9 Å². The van der Waals surface area contributed by atoms with Crippen LogP contribution in [-0.4, -0.2) is 33.0 Å². The fourth-order valence-electron chi connectivity index (χ4n) is 1.52. The molecule has 0 saturated carbocycles. The van der Waals surface area contributed by atoms with Crippen LogP contribution in [0.1, 0.15) is 12.1 Å². The van der Waals surface area contributed by atoms with Crippen LogP contribution >= 0.6 is 0 Å². The van der Waals surface area contributed by atoms with Gasteiger partial charge in [0.25, 0.3) is 0 Å². The first-order chi connectivity index (χ1) is 6.36. The standard InChI is InChI=1S/C9H14N4/c1-12-9(7-10-11-12)8-13-5-3-2-4-6-13/h2-3,7H,4-6,8H2,1H3. The van der Waals surface area contributed by atoms with Crippen LogP contribution in [-0.2, 0) is 13.6 Å². The fraction of sp³-hybridized carbons (Fsp3) is 0.556. The van der Waals surface area contributed by atoms with Crippen molar-refractivity contribution in [2.45, 2.75) is 13.0 Å². The molecule has 0 spiro atoms. The summed E-state index contributed by atoms with van der Waals surface area (Å²) in [6, 6.07) is 0. The average molecular weight is 178 g/mol. The summed E-state index contributed by atoms with van der Waals surface area (Å²) in [4.78, 5) is 2.39. The van der Waals surface area contributed by atoms with E-state index in [4.69, 9.17) is 0 Å². The smallest absolute Gasteiger partial charge is 0.0738 e. The molecule has 0 aromatic carbocycles. The molecule has 70 valence electrons. The molecule has 0 fully saturated rings. The molecule has 0 radical (unpaired) electrons. The third-order valence-corrected chi connectivity index (χ3v) is 2.34. The maximum Gasteiger partial charge on any atom is 0.0738 e. The largest absolute Gasteiger partial charge is 0.294 e. The predicted octanol–water partition coefficient (Wildman–Crippen LogP) is 0.577. The Morgan fingerprint density at radius 2 is 2.38 bits per heavy atom. The first-order valence-corrected chi connectivity index (χ1v) is 4.57. The van der Waals surface area contributed by atoms with E-state index >= 15 is 0 Å². The van der Waals surface area contributed by atoms with E-state index in [2.05, 4.69) is 27.4 Å². The van der Waals surface area contributed by atoms with E-state index in [1.165, 1.54) is 5.69 Å². The lowest BCUT2D eigenvalue weighted by atomic mass is 10.2. The van der Waals surface area contributed by atoms with Crippen LogP contribution < -0.4 is 0 Å². The van der Waals surface area contributed by atoms with Crippen molar-refractivity contribution in [2.24, 2.45) is 7.05 Å². The molecule has 0 bridgehead atoms. The van der Waals surface area contributed by atoms with Gasteiger partial charge in [0.2, 0.25) is 0 Å². The van der Waals surface area contributed by atoms with Crippen molar-refractivity contribution in [3.8, 4) is 0 Å². The first-order valence-electron chi connectivity index (χ1n) is 4.57. The average Bonchev–Trinajstić information content (AvgIpc) is 2.54. The zero-order valence-corrected chi connectivity index (χ0v) is 7.85. The summed E-state index contributed by atoms with van der Waals surface area (Å²) in [5.41, 5.74) is 1.18. The monoisotopic (exact) mass is 178 g/mol. The van der Waals surface area contributed by atoms with Gasteiger partial charge in [0.15, 0.2) is 0 Å². The van der Waals surface area contributed by atoms with E-state index in [9.17, 15) is 0 Å². The highest BCUT2D eigenvalue weighted by Gasteiger charge is 2.08. The molecule has 2 rings (SSSR count). The van der Waals surface area contributed by atoms with Crippen molar-refractivity contribution in [3.05, 3.63) is 24.0 Å². The van der Waals surface area contributed by atoms with Gasteiger partial charge >= 0.3 is 0 Å². The minimum absolute atomic E-state index is 0.952. The highest BCUT2D eigenvalue weighted by molar-refractivity contribution is 4.97. The maximum atomic E-state index is 3.90. The van der Waals surface area contributed by atoms with Crippen molar-refractivity contribution < 1.29 is 0 Å². The number of nitrogens with zero attached hydrogens (tertiary/aromatic N) is 4. The van der Waals surface area contributed by atoms with E-state index in [0.29, 0.717) is 0 Å². The number of rotatable bonds is 2. The fourth-order valence-corrected chi connectivity index (χ4v) is 1.52. The van der Waals surface area contributed by atoms with Gasteiger partial charge in [-0.25, -0.2) is 0 Å². The SMILES string of the molecule is Cn1nncc1CN1CC=CCC1. The first kappa shape index (κ1) is 8.44. The molecule has 13 heavy (non-hydrogen) atoms. The molecule has 4 nitrogen and oxygen atoms in total. The maximum absolute atomic E-state index is 3.90. The van der Waals surface area contributed by atoms with E-state index < -0.39 is 0 Å². The van der Waals surface area contributed by atoms with Crippen LogP contribution in [0.4, 0.5) is 0 Å². The minimum atomic E-state index is 0.952. The second-order valence-corrected chi connectivity index (χ2v) is 3.34. The van der Waals surface area contributed by atoms with Crippen molar-refractivity contribution in [1.29, 1.82) is 0 Å². The summed E-state index contributed by atoms with van der Waals surface area (Å²) in [6.07, 6.45) is 7.44. The molecular weight excluding hydrogens is 164 g/mol. The molecule has 1 aliphatic heterocycles. The van der Waals surface area contributed by atoms with Crippen LogP contribution in [0.15, 0.2) is 18.3 Å². The van der Waals surface area contributed by atoms with Crippen LogP contribution in [0.3, 0.4) is 0 Å². The van der Waals surface area contributed by atoms with Crippen molar-refractivity contribution in [3.63, 3.8) is 0 Å². The summed E-state index contributed by atoms with van der Waals surface area (Å²) in [5.74, 6) is 0. The molecule has 2 heterocycles. The highest BCUT2D eigenvalue weighted by atomic mass is 15.4. The van der Waals surface area contributed by atoms with Gasteiger partial charge in [-0.15, -0.1) is 5.10 Å².